The van der Waals surface area contributed by atoms with Crippen molar-refractivity contribution in [1.29, 1.82) is 0 Å². The summed E-state index contributed by atoms with van der Waals surface area (Å²) in [4.78, 5) is 35.9. The standard InChI is InChI=1S/C25H23N2O4/c1-3-31-25(30)17(2)27-23(28)16-26-24(29)22-13-12-20-14-19(10-11-21(20)15-22)9-8-18-6-4-5-7-18/h4-7,10-15,17H,3,16H2,1-2H3,(H,26,29)(H,27,28)/t17-/m0/s1. The molecule has 2 amide bonds. The maximum atomic E-state index is 12.4. The molecule has 2 N–H and O–H groups in total. The van der Waals surface area contributed by atoms with Crippen molar-refractivity contribution in [1.82, 2.24) is 10.6 Å². The first-order valence-corrected chi connectivity index (χ1v) is 9.98. The number of hydrogen-bond acceptors (Lipinski definition) is 4. The Bertz CT molecular complexity index is 1030. The molecule has 31 heavy (non-hydrogen) atoms. The highest BCUT2D eigenvalue weighted by Crippen LogP contribution is 2.22. The summed E-state index contributed by atoms with van der Waals surface area (Å²) >= 11 is 0. The Hall–Kier alpha value is -3.33. The Balaban J connectivity index is 1.58. The highest BCUT2D eigenvalue weighted by atomic mass is 16.5. The molecule has 5 radical (unpaired) electrons. The third-order valence-electron chi connectivity index (χ3n) is 4.54. The number of amides is 2. The summed E-state index contributed by atoms with van der Waals surface area (Å²) in [7, 11) is 0. The van der Waals surface area contributed by atoms with E-state index in [1.807, 2.05) is 49.9 Å². The van der Waals surface area contributed by atoms with Crippen molar-refractivity contribution >= 4 is 28.6 Å². The number of hydrogen-bond donors (Lipinski definition) is 2. The lowest BCUT2D eigenvalue weighted by Gasteiger charge is -2.13. The van der Waals surface area contributed by atoms with Gasteiger partial charge in [0.1, 0.15) is 6.04 Å². The zero-order chi connectivity index (χ0) is 22.2. The molecule has 0 aliphatic heterocycles. The Morgan fingerprint density at radius 2 is 1.71 bits per heavy atom. The maximum absolute atomic E-state index is 12.4. The number of esters is 1. The van der Waals surface area contributed by atoms with E-state index in [0.29, 0.717) is 5.56 Å². The lowest BCUT2D eigenvalue weighted by molar-refractivity contribution is -0.146. The summed E-state index contributed by atoms with van der Waals surface area (Å²) in [5, 5.41) is 6.91. The van der Waals surface area contributed by atoms with Crippen LogP contribution in [0.4, 0.5) is 0 Å². The fourth-order valence-electron chi connectivity index (χ4n) is 2.95. The van der Waals surface area contributed by atoms with E-state index in [0.717, 1.165) is 22.3 Å². The molecule has 1 aliphatic rings. The largest absolute Gasteiger partial charge is 0.464 e. The summed E-state index contributed by atoms with van der Waals surface area (Å²) in [5.74, 6) is 5.85. The normalized spacial score (nSPS) is 14.4. The average molecular weight is 415 g/mol. The quantitative estimate of drug-likeness (QED) is 0.561. The van der Waals surface area contributed by atoms with Gasteiger partial charge < -0.3 is 15.4 Å². The Labute approximate surface area is 182 Å². The highest BCUT2D eigenvalue weighted by molar-refractivity contribution is 6.00. The first-order chi connectivity index (χ1) is 15.0. The lowest BCUT2D eigenvalue weighted by atomic mass is 10.0. The fourth-order valence-corrected chi connectivity index (χ4v) is 2.95. The Kier molecular flexibility index (Phi) is 7.66. The van der Waals surface area contributed by atoms with Gasteiger partial charge in [0.2, 0.25) is 5.91 Å². The van der Waals surface area contributed by atoms with Crippen LogP contribution in [0.25, 0.3) is 10.8 Å². The molecule has 2 aromatic rings. The van der Waals surface area contributed by atoms with Crippen LogP contribution in [-0.2, 0) is 14.3 Å². The monoisotopic (exact) mass is 415 g/mol. The number of carbonyl (C=O) groups is 3. The molecule has 6 heteroatoms. The maximum Gasteiger partial charge on any atom is 0.328 e. The van der Waals surface area contributed by atoms with E-state index in [-0.39, 0.29) is 19.1 Å². The van der Waals surface area contributed by atoms with E-state index < -0.39 is 17.9 Å². The van der Waals surface area contributed by atoms with Gasteiger partial charge in [-0.15, -0.1) is 0 Å². The second kappa shape index (κ2) is 10.6. The summed E-state index contributed by atoms with van der Waals surface area (Å²) in [6.45, 7) is 3.21. The van der Waals surface area contributed by atoms with Gasteiger partial charge in [0.05, 0.1) is 19.1 Å². The summed E-state index contributed by atoms with van der Waals surface area (Å²) < 4.78 is 4.83. The van der Waals surface area contributed by atoms with E-state index >= 15 is 0 Å². The van der Waals surface area contributed by atoms with Crippen molar-refractivity contribution in [3.05, 3.63) is 79.1 Å². The first-order valence-electron chi connectivity index (χ1n) is 9.98. The predicted octanol–water partition coefficient (Wildman–Crippen LogP) is 2.39. The van der Waals surface area contributed by atoms with Gasteiger partial charge in [-0.3, -0.25) is 9.59 Å². The molecule has 0 aromatic heterocycles. The summed E-state index contributed by atoms with van der Waals surface area (Å²) in [6.07, 6.45) is 7.80. The van der Waals surface area contributed by atoms with Gasteiger partial charge in [0.25, 0.3) is 5.91 Å². The first kappa shape index (κ1) is 22.4. The molecule has 0 heterocycles. The minimum absolute atomic E-state index is 0.236. The summed E-state index contributed by atoms with van der Waals surface area (Å²) in [5.41, 5.74) is 1.33. The lowest BCUT2D eigenvalue weighted by Crippen LogP contribution is -2.44. The topological polar surface area (TPSA) is 84.5 Å². The average Bonchev–Trinajstić information content (AvgIpc) is 3.29. The van der Waals surface area contributed by atoms with Crippen LogP contribution < -0.4 is 10.6 Å². The van der Waals surface area contributed by atoms with Gasteiger partial charge in [-0.25, -0.2) is 4.79 Å². The second-order valence-electron chi connectivity index (χ2n) is 6.92. The minimum atomic E-state index is -0.776. The van der Waals surface area contributed by atoms with Crippen LogP contribution >= 0.6 is 0 Å². The number of benzene rings is 2. The van der Waals surface area contributed by atoms with Crippen LogP contribution in [0.3, 0.4) is 0 Å². The predicted molar refractivity (Wildman–Crippen MR) is 118 cm³/mol. The third kappa shape index (κ3) is 6.32. The molecule has 157 valence electrons. The molecule has 3 rings (SSSR count). The zero-order valence-corrected chi connectivity index (χ0v) is 17.4. The van der Waals surface area contributed by atoms with Gasteiger partial charge in [-0.1, -0.05) is 24.0 Å². The van der Waals surface area contributed by atoms with Gasteiger partial charge in [-0.2, -0.15) is 0 Å². The van der Waals surface area contributed by atoms with Gasteiger partial charge in [0, 0.05) is 11.1 Å². The summed E-state index contributed by atoms with van der Waals surface area (Å²) in [6, 6.07) is 10.3. The van der Waals surface area contributed by atoms with E-state index in [4.69, 9.17) is 4.74 Å². The third-order valence-corrected chi connectivity index (χ3v) is 4.54. The molecule has 1 saturated carbocycles. The molecule has 0 bridgehead atoms. The van der Waals surface area contributed by atoms with Gasteiger partial charge >= 0.3 is 5.97 Å². The van der Waals surface area contributed by atoms with E-state index in [1.54, 1.807) is 19.1 Å². The smallest absolute Gasteiger partial charge is 0.328 e. The van der Waals surface area contributed by atoms with Crippen molar-refractivity contribution in [2.75, 3.05) is 13.2 Å². The van der Waals surface area contributed by atoms with Gasteiger partial charge in [-0.05, 0) is 74.6 Å². The van der Waals surface area contributed by atoms with Crippen molar-refractivity contribution in [3.8, 4) is 11.8 Å². The number of carbonyl (C=O) groups excluding carboxylic acids is 3. The second-order valence-corrected chi connectivity index (χ2v) is 6.92. The van der Waals surface area contributed by atoms with Crippen LogP contribution in [0.5, 0.6) is 0 Å². The van der Waals surface area contributed by atoms with Crippen LogP contribution in [-0.4, -0.2) is 37.0 Å². The minimum Gasteiger partial charge on any atom is -0.464 e. The van der Waals surface area contributed by atoms with E-state index in [9.17, 15) is 14.4 Å². The molecule has 1 atom stereocenters. The molecular weight excluding hydrogens is 392 g/mol. The van der Waals surface area contributed by atoms with Crippen LogP contribution in [0.15, 0.2) is 36.4 Å². The van der Waals surface area contributed by atoms with Gasteiger partial charge in [0.15, 0.2) is 0 Å². The SMILES string of the molecule is CCOC(=O)[C@H](C)NC(=O)CNC(=O)c1ccc2cc(C#C[C]3[CH][CH][CH][CH]3)ccc2c1. The van der Waals surface area contributed by atoms with Crippen LogP contribution in [0.2, 0.25) is 0 Å². The highest BCUT2D eigenvalue weighted by Gasteiger charge is 2.17. The van der Waals surface area contributed by atoms with E-state index in [2.05, 4.69) is 22.5 Å². The molecule has 0 unspecified atom stereocenters. The molecule has 1 fully saturated rings. The fraction of sp³-hybridized carbons (Fsp3) is 0.200. The van der Waals surface area contributed by atoms with Crippen LogP contribution in [0.1, 0.15) is 29.8 Å². The van der Waals surface area contributed by atoms with Crippen LogP contribution in [0, 0.1) is 43.4 Å². The molecule has 6 nitrogen and oxygen atoms in total. The molecular formula is C25H23N2O4. The molecule has 1 aliphatic carbocycles. The Morgan fingerprint density at radius 3 is 2.45 bits per heavy atom. The van der Waals surface area contributed by atoms with Crippen molar-refractivity contribution in [2.45, 2.75) is 19.9 Å². The van der Waals surface area contributed by atoms with Crippen molar-refractivity contribution in [2.24, 2.45) is 0 Å². The number of fused-ring (bicyclic) bond motifs is 1. The number of nitrogens with one attached hydrogen (secondary N) is 2. The molecule has 0 spiro atoms. The Morgan fingerprint density at radius 1 is 1.00 bits per heavy atom. The number of ether oxygens (including phenoxy) is 1. The molecule has 2 aromatic carbocycles. The number of rotatable bonds is 6. The van der Waals surface area contributed by atoms with Crippen molar-refractivity contribution in [3.63, 3.8) is 0 Å². The zero-order valence-electron chi connectivity index (χ0n) is 17.4. The van der Waals surface area contributed by atoms with Crippen molar-refractivity contribution < 1.29 is 19.1 Å². The van der Waals surface area contributed by atoms with E-state index in [1.165, 1.54) is 6.92 Å². The molecule has 0 saturated heterocycles.